The molecule has 2 aromatic carbocycles. The first-order valence-corrected chi connectivity index (χ1v) is 10.9. The molecule has 2 saturated carbocycles. The number of nitrogens with zero attached hydrogens (tertiary/aromatic N) is 1. The fraction of sp³-hybridized carbons (Fsp3) is 0.478. The van der Waals surface area contributed by atoms with E-state index in [1.165, 1.54) is 36.8 Å². The van der Waals surface area contributed by atoms with E-state index >= 15 is 0 Å². The highest BCUT2D eigenvalue weighted by atomic mass is 35.5. The Morgan fingerprint density at radius 2 is 1.41 bits per heavy atom. The molecule has 2 aliphatic carbocycles. The Morgan fingerprint density at radius 1 is 0.815 bits per heavy atom. The van der Waals surface area contributed by atoms with Crippen LogP contribution in [0.25, 0.3) is 0 Å². The van der Waals surface area contributed by atoms with Gasteiger partial charge in [-0.3, -0.25) is 4.90 Å². The molecule has 1 saturated heterocycles. The van der Waals surface area contributed by atoms with Gasteiger partial charge in [-0.1, -0.05) is 53.9 Å². The van der Waals surface area contributed by atoms with Crippen LogP contribution in [-0.2, 0) is 0 Å². The Labute approximate surface area is 171 Å². The highest BCUT2D eigenvalue weighted by Crippen LogP contribution is 2.45. The SMILES string of the molecule is Clc1ccc(C(c2ccc(Cl)cc2)N2CC(N[C@H]3C[C@@H]4CC[C@@H]3C4)C2)cc1. The fourth-order valence-electron chi connectivity index (χ4n) is 5.48. The molecule has 0 radical (unpaired) electrons. The van der Waals surface area contributed by atoms with Crippen LogP contribution < -0.4 is 5.32 Å². The molecule has 3 atom stereocenters. The van der Waals surface area contributed by atoms with E-state index in [9.17, 15) is 0 Å². The quantitative estimate of drug-likeness (QED) is 0.707. The Kier molecular flexibility index (Phi) is 4.94. The van der Waals surface area contributed by atoms with Crippen LogP contribution in [0, 0.1) is 11.8 Å². The monoisotopic (exact) mass is 400 g/mol. The van der Waals surface area contributed by atoms with E-state index in [0.717, 1.165) is 41.0 Å². The zero-order valence-electron chi connectivity index (χ0n) is 15.5. The Hall–Kier alpha value is -1.06. The van der Waals surface area contributed by atoms with Crippen molar-refractivity contribution in [3.63, 3.8) is 0 Å². The first-order valence-electron chi connectivity index (χ1n) is 10.2. The summed E-state index contributed by atoms with van der Waals surface area (Å²) in [6.07, 6.45) is 5.77. The van der Waals surface area contributed by atoms with Crippen molar-refractivity contribution >= 4 is 23.2 Å². The van der Waals surface area contributed by atoms with Gasteiger partial charge in [-0.05, 0) is 66.5 Å². The minimum Gasteiger partial charge on any atom is -0.308 e. The first kappa shape index (κ1) is 18.0. The van der Waals surface area contributed by atoms with Crippen LogP contribution in [0.3, 0.4) is 0 Å². The maximum atomic E-state index is 6.12. The average molecular weight is 401 g/mol. The zero-order valence-corrected chi connectivity index (χ0v) is 17.0. The maximum Gasteiger partial charge on any atom is 0.0602 e. The zero-order chi connectivity index (χ0) is 18.4. The molecular weight excluding hydrogens is 375 g/mol. The second-order valence-corrected chi connectivity index (χ2v) is 9.48. The Balaban J connectivity index is 1.30. The molecule has 2 aromatic rings. The van der Waals surface area contributed by atoms with Crippen LogP contribution in [0.15, 0.2) is 48.5 Å². The fourth-order valence-corrected chi connectivity index (χ4v) is 5.74. The van der Waals surface area contributed by atoms with Crippen molar-refractivity contribution in [2.75, 3.05) is 13.1 Å². The summed E-state index contributed by atoms with van der Waals surface area (Å²) in [4.78, 5) is 2.57. The second-order valence-electron chi connectivity index (χ2n) is 8.60. The molecule has 2 bridgehead atoms. The van der Waals surface area contributed by atoms with Crippen LogP contribution in [0.2, 0.25) is 10.0 Å². The molecule has 1 N–H and O–H groups in total. The van der Waals surface area contributed by atoms with E-state index in [2.05, 4.69) is 34.5 Å². The van der Waals surface area contributed by atoms with E-state index in [0.29, 0.717) is 6.04 Å². The summed E-state index contributed by atoms with van der Waals surface area (Å²) in [5, 5.41) is 5.54. The van der Waals surface area contributed by atoms with Gasteiger partial charge in [0.15, 0.2) is 0 Å². The van der Waals surface area contributed by atoms with Crippen molar-refractivity contribution in [1.29, 1.82) is 0 Å². The Bertz CT molecular complexity index is 738. The predicted octanol–water partition coefficient (Wildman–Crippen LogP) is 5.55. The minimum atomic E-state index is 0.262. The smallest absolute Gasteiger partial charge is 0.0602 e. The summed E-state index contributed by atoms with van der Waals surface area (Å²) in [6, 6.07) is 18.2. The molecule has 2 nitrogen and oxygen atoms in total. The number of hydrogen-bond donors (Lipinski definition) is 1. The van der Waals surface area contributed by atoms with E-state index in [4.69, 9.17) is 23.2 Å². The van der Waals surface area contributed by atoms with Crippen molar-refractivity contribution in [3.8, 4) is 0 Å². The second kappa shape index (κ2) is 7.40. The van der Waals surface area contributed by atoms with Gasteiger partial charge < -0.3 is 5.32 Å². The largest absolute Gasteiger partial charge is 0.308 e. The van der Waals surface area contributed by atoms with Crippen molar-refractivity contribution in [2.45, 2.75) is 43.8 Å². The van der Waals surface area contributed by atoms with Gasteiger partial charge in [0.25, 0.3) is 0 Å². The molecule has 3 fully saturated rings. The van der Waals surface area contributed by atoms with Crippen LogP contribution >= 0.6 is 23.2 Å². The van der Waals surface area contributed by atoms with Gasteiger partial charge in [0.1, 0.15) is 0 Å². The summed E-state index contributed by atoms with van der Waals surface area (Å²) in [5.74, 6) is 1.94. The molecule has 4 heteroatoms. The maximum absolute atomic E-state index is 6.12. The van der Waals surface area contributed by atoms with Gasteiger partial charge >= 0.3 is 0 Å². The molecule has 27 heavy (non-hydrogen) atoms. The van der Waals surface area contributed by atoms with Crippen LogP contribution in [0.4, 0.5) is 0 Å². The van der Waals surface area contributed by atoms with Crippen LogP contribution in [0.1, 0.15) is 42.9 Å². The molecule has 3 aliphatic rings. The van der Waals surface area contributed by atoms with Crippen molar-refractivity contribution in [1.82, 2.24) is 10.2 Å². The van der Waals surface area contributed by atoms with Gasteiger partial charge in [-0.15, -0.1) is 0 Å². The lowest BCUT2D eigenvalue weighted by molar-refractivity contribution is 0.0803. The molecule has 0 unspecified atom stereocenters. The average Bonchev–Trinajstić information content (AvgIpc) is 3.25. The summed E-state index contributed by atoms with van der Waals surface area (Å²) in [7, 11) is 0. The van der Waals surface area contributed by atoms with Gasteiger partial charge in [-0.2, -0.15) is 0 Å². The van der Waals surface area contributed by atoms with Crippen LogP contribution in [0.5, 0.6) is 0 Å². The molecular formula is C23H26Cl2N2. The Morgan fingerprint density at radius 3 is 1.89 bits per heavy atom. The molecule has 0 spiro atoms. The standard InChI is InChI=1S/C23H26Cl2N2/c24-19-7-3-16(4-8-19)23(17-5-9-20(25)10-6-17)27-13-21(14-27)26-22-12-15-1-2-18(22)11-15/h3-10,15,18,21-23,26H,1-2,11-14H2/t15-,18-,22+/m1/s1. The van der Waals surface area contributed by atoms with Crippen molar-refractivity contribution in [2.24, 2.45) is 11.8 Å². The highest BCUT2D eigenvalue weighted by molar-refractivity contribution is 6.30. The van der Waals surface area contributed by atoms with Crippen molar-refractivity contribution < 1.29 is 0 Å². The lowest BCUT2D eigenvalue weighted by Crippen LogP contribution is -2.61. The number of fused-ring (bicyclic) bond motifs is 2. The molecule has 5 rings (SSSR count). The molecule has 0 aromatic heterocycles. The van der Waals surface area contributed by atoms with Gasteiger partial charge in [0.05, 0.1) is 6.04 Å². The summed E-state index contributed by atoms with van der Waals surface area (Å²) < 4.78 is 0. The highest BCUT2D eigenvalue weighted by Gasteiger charge is 2.42. The lowest BCUT2D eigenvalue weighted by Gasteiger charge is -2.46. The van der Waals surface area contributed by atoms with Gasteiger partial charge in [0.2, 0.25) is 0 Å². The molecule has 0 amide bonds. The topological polar surface area (TPSA) is 15.3 Å². The molecule has 1 heterocycles. The third-order valence-corrected chi connectivity index (χ3v) is 7.34. The number of nitrogens with one attached hydrogen (secondary N) is 1. The van der Waals surface area contributed by atoms with Crippen molar-refractivity contribution in [3.05, 3.63) is 69.7 Å². The summed E-state index contributed by atoms with van der Waals surface area (Å²) >= 11 is 12.2. The lowest BCUT2D eigenvalue weighted by atomic mass is 9.91. The number of halogens is 2. The summed E-state index contributed by atoms with van der Waals surface area (Å²) in [6.45, 7) is 2.20. The number of hydrogen-bond acceptors (Lipinski definition) is 2. The number of likely N-dealkylation sites (tertiary alicyclic amines) is 1. The van der Waals surface area contributed by atoms with E-state index in [1.54, 1.807) is 0 Å². The third-order valence-electron chi connectivity index (χ3n) is 6.83. The van der Waals surface area contributed by atoms with E-state index < -0.39 is 0 Å². The predicted molar refractivity (Wildman–Crippen MR) is 112 cm³/mol. The van der Waals surface area contributed by atoms with Gasteiger partial charge in [0, 0.05) is 35.2 Å². The van der Waals surface area contributed by atoms with Gasteiger partial charge in [-0.25, -0.2) is 0 Å². The van der Waals surface area contributed by atoms with E-state index in [-0.39, 0.29) is 6.04 Å². The number of benzene rings is 2. The normalized spacial score (nSPS) is 28.0. The van der Waals surface area contributed by atoms with E-state index in [1.807, 2.05) is 24.3 Å². The molecule has 1 aliphatic heterocycles. The first-order chi connectivity index (χ1) is 13.2. The minimum absolute atomic E-state index is 0.262. The van der Waals surface area contributed by atoms with Crippen LogP contribution in [-0.4, -0.2) is 30.1 Å². The summed E-state index contributed by atoms with van der Waals surface area (Å²) in [5.41, 5.74) is 2.58. The third kappa shape index (κ3) is 3.65. The molecule has 142 valence electrons. The number of rotatable bonds is 5.